The molecule has 2 heterocycles. The van der Waals surface area contributed by atoms with Crippen LogP contribution in [0.1, 0.15) is 30.5 Å². The smallest absolute Gasteiger partial charge is 0.137 e. The molecule has 0 amide bonds. The monoisotopic (exact) mass is 405 g/mol. The third-order valence-corrected chi connectivity index (χ3v) is 5.27. The minimum atomic E-state index is -0.691. The van der Waals surface area contributed by atoms with Gasteiger partial charge in [-0.25, -0.2) is 4.98 Å². The molecule has 0 unspecified atom stereocenters. The van der Waals surface area contributed by atoms with Crippen LogP contribution in [-0.2, 0) is 0 Å². The average molecular weight is 405 g/mol. The highest BCUT2D eigenvalue weighted by Crippen LogP contribution is 2.24. The van der Waals surface area contributed by atoms with Gasteiger partial charge in [0.15, 0.2) is 0 Å². The predicted octanol–water partition coefficient (Wildman–Crippen LogP) is 3.20. The molecule has 0 radical (unpaired) electrons. The number of aromatic nitrogens is 2. The van der Waals surface area contributed by atoms with Gasteiger partial charge in [0.05, 0.1) is 12.6 Å². The van der Waals surface area contributed by atoms with E-state index in [2.05, 4.69) is 34.6 Å². The number of imidazole rings is 1. The van der Waals surface area contributed by atoms with E-state index in [1.165, 1.54) is 0 Å². The van der Waals surface area contributed by atoms with Crippen LogP contribution >= 0.6 is 0 Å². The SMILES string of the molecule is C[C@H](O)c1nccn1[C@@H](/C=C/c1ccc(-c2ccc(OC3CNC3)cc2)cc1)CO. The first-order valence-electron chi connectivity index (χ1n) is 10.2. The number of rotatable bonds is 8. The topological polar surface area (TPSA) is 79.5 Å². The summed E-state index contributed by atoms with van der Waals surface area (Å²) in [6.45, 7) is 3.42. The molecule has 0 bridgehead atoms. The first-order valence-corrected chi connectivity index (χ1v) is 10.2. The van der Waals surface area contributed by atoms with Crippen LogP contribution in [0.4, 0.5) is 0 Å². The van der Waals surface area contributed by atoms with Crippen molar-refractivity contribution in [2.45, 2.75) is 25.2 Å². The molecule has 1 aromatic heterocycles. The molecule has 3 N–H and O–H groups in total. The highest BCUT2D eigenvalue weighted by atomic mass is 16.5. The summed E-state index contributed by atoms with van der Waals surface area (Å²) in [7, 11) is 0. The Hall–Kier alpha value is -2.93. The number of hydrogen-bond donors (Lipinski definition) is 3. The molecule has 30 heavy (non-hydrogen) atoms. The number of aliphatic hydroxyl groups excluding tert-OH is 2. The Labute approximate surface area is 176 Å². The minimum absolute atomic E-state index is 0.0734. The largest absolute Gasteiger partial charge is 0.488 e. The minimum Gasteiger partial charge on any atom is -0.488 e. The summed E-state index contributed by atoms with van der Waals surface area (Å²) < 4.78 is 7.66. The van der Waals surface area contributed by atoms with Gasteiger partial charge >= 0.3 is 0 Å². The lowest BCUT2D eigenvalue weighted by atomic mass is 10.0. The molecule has 3 aromatic rings. The van der Waals surface area contributed by atoms with Crippen LogP contribution in [0.25, 0.3) is 17.2 Å². The molecule has 1 fully saturated rings. The number of benzene rings is 2. The third kappa shape index (κ3) is 4.62. The van der Waals surface area contributed by atoms with Crippen molar-refractivity contribution < 1.29 is 14.9 Å². The fraction of sp³-hybridized carbons (Fsp3) is 0.292. The van der Waals surface area contributed by atoms with Crippen molar-refractivity contribution in [1.29, 1.82) is 0 Å². The van der Waals surface area contributed by atoms with Crippen molar-refractivity contribution in [2.75, 3.05) is 19.7 Å². The Morgan fingerprint density at radius 2 is 1.80 bits per heavy atom. The zero-order valence-electron chi connectivity index (χ0n) is 17.0. The van der Waals surface area contributed by atoms with Gasteiger partial charge < -0.3 is 24.8 Å². The summed E-state index contributed by atoms with van der Waals surface area (Å²) in [5.74, 6) is 1.44. The molecule has 0 spiro atoms. The van der Waals surface area contributed by atoms with Crippen molar-refractivity contribution in [1.82, 2.24) is 14.9 Å². The maximum Gasteiger partial charge on any atom is 0.137 e. The average Bonchev–Trinajstić information content (AvgIpc) is 3.22. The van der Waals surface area contributed by atoms with E-state index in [0.717, 1.165) is 35.5 Å². The first-order chi connectivity index (χ1) is 14.6. The lowest BCUT2D eigenvalue weighted by Crippen LogP contribution is -2.50. The van der Waals surface area contributed by atoms with Crippen molar-refractivity contribution in [3.63, 3.8) is 0 Å². The van der Waals surface area contributed by atoms with Gasteiger partial charge in [0.2, 0.25) is 0 Å². The Kier molecular flexibility index (Phi) is 6.28. The lowest BCUT2D eigenvalue weighted by molar-refractivity contribution is 0.142. The molecule has 0 saturated carbocycles. The van der Waals surface area contributed by atoms with Crippen molar-refractivity contribution in [3.05, 3.63) is 78.4 Å². The van der Waals surface area contributed by atoms with E-state index < -0.39 is 6.10 Å². The summed E-state index contributed by atoms with van der Waals surface area (Å²) in [4.78, 5) is 4.17. The Morgan fingerprint density at radius 3 is 2.37 bits per heavy atom. The van der Waals surface area contributed by atoms with E-state index in [9.17, 15) is 10.2 Å². The standard InChI is InChI=1S/C24H27N3O3/c1-17(29)24-26-12-13-27(24)21(16-28)9-4-18-2-5-19(6-3-18)20-7-10-22(11-8-20)30-23-14-25-15-23/h2-13,17,21,23,25,28-29H,14-16H2,1H3/b9-4+/t17-,21-/m0/s1. The molecule has 6 nitrogen and oxygen atoms in total. The lowest BCUT2D eigenvalue weighted by Gasteiger charge is -2.27. The van der Waals surface area contributed by atoms with Crippen LogP contribution in [0.15, 0.2) is 67.0 Å². The van der Waals surface area contributed by atoms with E-state index in [1.807, 2.05) is 36.4 Å². The molecule has 6 heteroatoms. The normalized spacial score (nSPS) is 16.4. The Morgan fingerprint density at radius 1 is 1.13 bits per heavy atom. The highest BCUT2D eigenvalue weighted by Gasteiger charge is 2.18. The molecule has 156 valence electrons. The molecule has 0 aliphatic carbocycles. The molecule has 1 aliphatic rings. The van der Waals surface area contributed by atoms with Gasteiger partial charge in [0, 0.05) is 25.5 Å². The van der Waals surface area contributed by atoms with Gasteiger partial charge in [0.1, 0.15) is 23.8 Å². The van der Waals surface area contributed by atoms with Gasteiger partial charge in [-0.15, -0.1) is 0 Å². The van der Waals surface area contributed by atoms with Crippen LogP contribution in [-0.4, -0.2) is 45.6 Å². The molecule has 2 atom stereocenters. The quantitative estimate of drug-likeness (QED) is 0.536. The number of aliphatic hydroxyl groups is 2. The summed E-state index contributed by atoms with van der Waals surface area (Å²) >= 11 is 0. The van der Waals surface area contributed by atoms with Gasteiger partial charge in [-0.05, 0) is 35.7 Å². The molecule has 4 rings (SSSR count). The Balaban J connectivity index is 1.43. The molecule has 1 aliphatic heterocycles. The number of nitrogens with one attached hydrogen (secondary N) is 1. The van der Waals surface area contributed by atoms with E-state index >= 15 is 0 Å². The number of nitrogens with zero attached hydrogens (tertiary/aromatic N) is 2. The summed E-state index contributed by atoms with van der Waals surface area (Å²) in [5.41, 5.74) is 3.31. The van der Waals surface area contributed by atoms with E-state index in [0.29, 0.717) is 5.82 Å². The van der Waals surface area contributed by atoms with E-state index in [1.54, 1.807) is 23.9 Å². The van der Waals surface area contributed by atoms with E-state index in [4.69, 9.17) is 4.74 Å². The van der Waals surface area contributed by atoms with Crippen LogP contribution < -0.4 is 10.1 Å². The maximum absolute atomic E-state index is 9.84. The zero-order valence-corrected chi connectivity index (χ0v) is 17.0. The van der Waals surface area contributed by atoms with Crippen LogP contribution in [0.5, 0.6) is 5.75 Å². The van der Waals surface area contributed by atoms with Crippen molar-refractivity contribution in [2.24, 2.45) is 0 Å². The predicted molar refractivity (Wildman–Crippen MR) is 117 cm³/mol. The third-order valence-electron chi connectivity index (χ3n) is 5.27. The molecule has 1 saturated heterocycles. The summed E-state index contributed by atoms with van der Waals surface area (Å²) in [6, 6.07) is 16.2. The summed E-state index contributed by atoms with van der Waals surface area (Å²) in [5, 5.41) is 22.8. The zero-order chi connectivity index (χ0) is 20.9. The van der Waals surface area contributed by atoms with Gasteiger partial charge in [0.25, 0.3) is 0 Å². The molecular weight excluding hydrogens is 378 g/mol. The van der Waals surface area contributed by atoms with Crippen molar-refractivity contribution >= 4 is 6.08 Å². The Bertz CT molecular complexity index is 974. The van der Waals surface area contributed by atoms with Gasteiger partial charge in [-0.2, -0.15) is 0 Å². The first kappa shape index (κ1) is 20.3. The number of ether oxygens (including phenoxy) is 1. The van der Waals surface area contributed by atoms with Crippen LogP contribution in [0.3, 0.4) is 0 Å². The maximum atomic E-state index is 9.84. The fourth-order valence-electron chi connectivity index (χ4n) is 3.44. The van der Waals surface area contributed by atoms with Crippen LogP contribution in [0, 0.1) is 0 Å². The van der Waals surface area contributed by atoms with Gasteiger partial charge in [-0.3, -0.25) is 0 Å². The second kappa shape index (κ2) is 9.26. The van der Waals surface area contributed by atoms with Crippen molar-refractivity contribution in [3.8, 4) is 16.9 Å². The van der Waals surface area contributed by atoms with Crippen LogP contribution in [0.2, 0.25) is 0 Å². The fourth-order valence-corrected chi connectivity index (χ4v) is 3.44. The van der Waals surface area contributed by atoms with E-state index in [-0.39, 0.29) is 18.8 Å². The highest BCUT2D eigenvalue weighted by molar-refractivity contribution is 5.66. The summed E-state index contributed by atoms with van der Waals surface area (Å²) in [6.07, 6.45) is 6.88. The molecule has 2 aromatic carbocycles. The molecular formula is C24H27N3O3. The number of hydrogen-bond acceptors (Lipinski definition) is 5. The second-order valence-corrected chi connectivity index (χ2v) is 7.52. The second-order valence-electron chi connectivity index (χ2n) is 7.52. The van der Waals surface area contributed by atoms with Gasteiger partial charge in [-0.1, -0.05) is 48.6 Å².